The highest BCUT2D eigenvalue weighted by Gasteiger charge is 2.13. The average molecular weight is 167 g/mol. The Hall–Kier alpha value is -1.19. The van der Waals surface area contributed by atoms with Crippen LogP contribution in [-0.4, -0.2) is 21.3 Å². The molecule has 1 aromatic rings. The molecule has 0 aliphatic heterocycles. The van der Waals surface area contributed by atoms with E-state index >= 15 is 0 Å². The second kappa shape index (κ2) is 3.47. The number of aryl methyl sites for hydroxylation is 1. The van der Waals surface area contributed by atoms with Gasteiger partial charge < -0.3 is 0 Å². The Morgan fingerprint density at radius 3 is 2.67 bits per heavy atom. The third-order valence-electron chi connectivity index (χ3n) is 1.76. The van der Waals surface area contributed by atoms with Gasteiger partial charge >= 0.3 is 0 Å². The third-order valence-corrected chi connectivity index (χ3v) is 1.76. The normalized spacial score (nSPS) is 10.7. The molecule has 0 saturated carbocycles. The monoisotopic (exact) mass is 167 g/mol. The molecule has 0 N–H and O–H groups in total. The summed E-state index contributed by atoms with van der Waals surface area (Å²) in [5.41, 5.74) is 1.39. The lowest BCUT2D eigenvalue weighted by Crippen LogP contribution is -2.03. The molecule has 1 rings (SSSR count). The number of aromatic nitrogens is 3. The van der Waals surface area contributed by atoms with E-state index in [1.54, 1.807) is 4.68 Å². The lowest BCUT2D eigenvalue weighted by atomic mass is 10.1. The highest BCUT2D eigenvalue weighted by molar-refractivity contribution is 5.73. The van der Waals surface area contributed by atoms with Crippen molar-refractivity contribution < 1.29 is 4.79 Å². The van der Waals surface area contributed by atoms with Crippen LogP contribution in [0.25, 0.3) is 0 Å². The first-order chi connectivity index (χ1) is 5.70. The Morgan fingerprint density at radius 1 is 1.58 bits per heavy atom. The summed E-state index contributed by atoms with van der Waals surface area (Å²) in [6.45, 7) is 6.62. The van der Waals surface area contributed by atoms with Gasteiger partial charge in [-0.3, -0.25) is 4.79 Å². The summed E-state index contributed by atoms with van der Waals surface area (Å²) in [6.07, 6.45) is 0.818. The quantitative estimate of drug-likeness (QED) is 0.636. The van der Waals surface area contributed by atoms with E-state index in [9.17, 15) is 4.79 Å². The van der Waals surface area contributed by atoms with Gasteiger partial charge in [0.15, 0.2) is 6.29 Å². The van der Waals surface area contributed by atoms with Gasteiger partial charge in [0.05, 0.1) is 5.69 Å². The van der Waals surface area contributed by atoms with Gasteiger partial charge in [-0.05, 0) is 12.8 Å². The maximum absolute atomic E-state index is 10.7. The zero-order valence-corrected chi connectivity index (χ0v) is 7.61. The zero-order valence-electron chi connectivity index (χ0n) is 7.61. The van der Waals surface area contributed by atoms with Crippen molar-refractivity contribution in [3.05, 3.63) is 11.4 Å². The van der Waals surface area contributed by atoms with Crippen LogP contribution in [-0.2, 0) is 6.54 Å². The number of hydrogen-bond acceptors (Lipinski definition) is 3. The molecule has 0 bridgehead atoms. The fourth-order valence-corrected chi connectivity index (χ4v) is 1.10. The Kier molecular flexibility index (Phi) is 2.58. The van der Waals surface area contributed by atoms with Crippen LogP contribution in [0.1, 0.15) is 42.9 Å². The largest absolute Gasteiger partial charge is 0.296 e. The zero-order chi connectivity index (χ0) is 9.14. The van der Waals surface area contributed by atoms with Gasteiger partial charge in [-0.1, -0.05) is 19.1 Å². The highest BCUT2D eigenvalue weighted by Crippen LogP contribution is 2.14. The first-order valence-electron chi connectivity index (χ1n) is 4.09. The van der Waals surface area contributed by atoms with Gasteiger partial charge in [0.2, 0.25) is 0 Å². The van der Waals surface area contributed by atoms with Gasteiger partial charge in [-0.15, -0.1) is 5.10 Å². The van der Waals surface area contributed by atoms with E-state index in [2.05, 4.69) is 10.3 Å². The summed E-state index contributed by atoms with van der Waals surface area (Å²) in [5, 5.41) is 7.80. The van der Waals surface area contributed by atoms with E-state index in [4.69, 9.17) is 0 Å². The van der Waals surface area contributed by atoms with Gasteiger partial charge in [-0.25, -0.2) is 4.68 Å². The summed E-state index contributed by atoms with van der Waals surface area (Å²) in [6, 6.07) is 0. The molecule has 0 radical (unpaired) electrons. The van der Waals surface area contributed by atoms with Crippen molar-refractivity contribution in [3.63, 3.8) is 0 Å². The van der Waals surface area contributed by atoms with Crippen molar-refractivity contribution >= 4 is 6.29 Å². The molecule has 0 aliphatic rings. The van der Waals surface area contributed by atoms with Crippen molar-refractivity contribution in [2.75, 3.05) is 0 Å². The lowest BCUT2D eigenvalue weighted by molar-refractivity contribution is 0.111. The lowest BCUT2D eigenvalue weighted by Gasteiger charge is -2.00. The Morgan fingerprint density at radius 2 is 2.25 bits per heavy atom. The van der Waals surface area contributed by atoms with Crippen LogP contribution in [0, 0.1) is 0 Å². The Labute approximate surface area is 71.6 Å². The fourth-order valence-electron chi connectivity index (χ4n) is 1.10. The predicted molar refractivity (Wildman–Crippen MR) is 45.2 cm³/mol. The smallest absolute Gasteiger partial charge is 0.170 e. The van der Waals surface area contributed by atoms with E-state index in [-0.39, 0.29) is 5.92 Å². The standard InChI is InChI=1S/C8H13N3O/c1-4-11-7(5-12)8(6(2)3)9-10-11/h5-6H,4H2,1-3H3. The van der Waals surface area contributed by atoms with Gasteiger partial charge in [0, 0.05) is 6.54 Å². The van der Waals surface area contributed by atoms with Crippen LogP contribution in [0.5, 0.6) is 0 Å². The van der Waals surface area contributed by atoms with Crippen LogP contribution in [0.4, 0.5) is 0 Å². The summed E-state index contributed by atoms with van der Waals surface area (Å²) >= 11 is 0. The minimum Gasteiger partial charge on any atom is -0.296 e. The van der Waals surface area contributed by atoms with Gasteiger partial charge in [-0.2, -0.15) is 0 Å². The molecule has 0 spiro atoms. The van der Waals surface area contributed by atoms with E-state index in [0.717, 1.165) is 12.0 Å². The maximum atomic E-state index is 10.7. The van der Waals surface area contributed by atoms with Crippen LogP contribution < -0.4 is 0 Å². The molecule has 0 saturated heterocycles. The summed E-state index contributed by atoms with van der Waals surface area (Å²) in [4.78, 5) is 10.7. The number of rotatable bonds is 3. The summed E-state index contributed by atoms with van der Waals surface area (Å²) < 4.78 is 1.61. The number of nitrogens with zero attached hydrogens (tertiary/aromatic N) is 3. The predicted octanol–water partition coefficient (Wildman–Crippen LogP) is 1.23. The molecule has 4 heteroatoms. The molecule has 12 heavy (non-hydrogen) atoms. The van der Waals surface area contributed by atoms with Crippen molar-refractivity contribution in [2.24, 2.45) is 0 Å². The minimum atomic E-state index is 0.255. The van der Waals surface area contributed by atoms with Crippen molar-refractivity contribution in [2.45, 2.75) is 33.2 Å². The van der Waals surface area contributed by atoms with Crippen molar-refractivity contribution in [1.82, 2.24) is 15.0 Å². The summed E-state index contributed by atoms with van der Waals surface area (Å²) in [7, 11) is 0. The first-order valence-corrected chi connectivity index (χ1v) is 4.09. The molecule has 4 nitrogen and oxygen atoms in total. The second-order valence-corrected chi connectivity index (χ2v) is 2.95. The molecule has 1 aromatic heterocycles. The SMILES string of the molecule is CCn1nnc(C(C)C)c1C=O. The van der Waals surface area contributed by atoms with Crippen LogP contribution >= 0.6 is 0 Å². The van der Waals surface area contributed by atoms with Crippen LogP contribution in [0.2, 0.25) is 0 Å². The van der Waals surface area contributed by atoms with E-state index in [1.165, 1.54) is 0 Å². The maximum Gasteiger partial charge on any atom is 0.170 e. The average Bonchev–Trinajstić information content (AvgIpc) is 2.46. The summed E-state index contributed by atoms with van der Waals surface area (Å²) in [5.74, 6) is 0.255. The number of carbonyl (C=O) groups is 1. The molecule has 0 aromatic carbocycles. The van der Waals surface area contributed by atoms with E-state index in [0.29, 0.717) is 12.2 Å². The van der Waals surface area contributed by atoms with E-state index < -0.39 is 0 Å². The molecule has 0 amide bonds. The fraction of sp³-hybridized carbons (Fsp3) is 0.625. The number of hydrogen-bond donors (Lipinski definition) is 0. The number of carbonyl (C=O) groups excluding carboxylic acids is 1. The van der Waals surface area contributed by atoms with Gasteiger partial charge in [0.1, 0.15) is 5.69 Å². The van der Waals surface area contributed by atoms with E-state index in [1.807, 2.05) is 20.8 Å². The molecule has 66 valence electrons. The molecule has 0 aliphatic carbocycles. The minimum absolute atomic E-state index is 0.255. The van der Waals surface area contributed by atoms with Crippen molar-refractivity contribution in [3.8, 4) is 0 Å². The third kappa shape index (κ3) is 1.37. The first kappa shape index (κ1) is 8.90. The topological polar surface area (TPSA) is 47.8 Å². The molecular weight excluding hydrogens is 154 g/mol. The molecule has 0 atom stereocenters. The molecule has 1 heterocycles. The highest BCUT2D eigenvalue weighted by atomic mass is 16.1. The molecular formula is C8H13N3O. The Balaban J connectivity index is 3.13. The number of aldehydes is 1. The van der Waals surface area contributed by atoms with Crippen LogP contribution in [0.3, 0.4) is 0 Å². The van der Waals surface area contributed by atoms with Gasteiger partial charge in [0.25, 0.3) is 0 Å². The second-order valence-electron chi connectivity index (χ2n) is 2.95. The molecule has 0 fully saturated rings. The molecule has 0 unspecified atom stereocenters. The Bertz CT molecular complexity index is 278. The van der Waals surface area contributed by atoms with Crippen LogP contribution in [0.15, 0.2) is 0 Å². The van der Waals surface area contributed by atoms with Crippen molar-refractivity contribution in [1.29, 1.82) is 0 Å².